The van der Waals surface area contributed by atoms with E-state index in [1.54, 1.807) is 0 Å². The van der Waals surface area contributed by atoms with Crippen molar-refractivity contribution in [3.8, 4) is 0 Å². The van der Waals surface area contributed by atoms with Gasteiger partial charge in [0.15, 0.2) is 5.76 Å². The maximum absolute atomic E-state index is 12.2. The van der Waals surface area contributed by atoms with Crippen LogP contribution in [0.25, 0.3) is 0 Å². The summed E-state index contributed by atoms with van der Waals surface area (Å²) >= 11 is 0. The normalized spacial score (nSPS) is 26.7. The van der Waals surface area contributed by atoms with Gasteiger partial charge in [0.2, 0.25) is 0 Å². The highest BCUT2D eigenvalue weighted by Crippen LogP contribution is 2.39. The van der Waals surface area contributed by atoms with E-state index in [1.807, 2.05) is 0 Å². The Balaban J connectivity index is 2.41. The maximum atomic E-state index is 12.2. The van der Waals surface area contributed by atoms with Gasteiger partial charge in [-0.3, -0.25) is 0 Å². The lowest BCUT2D eigenvalue weighted by atomic mass is 9.72. The van der Waals surface area contributed by atoms with E-state index >= 15 is 0 Å². The Kier molecular flexibility index (Phi) is 4.15. The van der Waals surface area contributed by atoms with Gasteiger partial charge in [0.05, 0.1) is 6.10 Å². The van der Waals surface area contributed by atoms with Crippen LogP contribution in [0.1, 0.15) is 46.5 Å². The molecule has 0 bridgehead atoms. The average molecular weight is 250 g/mol. The Morgan fingerprint density at radius 3 is 1.88 bits per heavy atom. The van der Waals surface area contributed by atoms with Gasteiger partial charge in [-0.1, -0.05) is 27.4 Å². The fourth-order valence-electron chi connectivity index (χ4n) is 2.31. The van der Waals surface area contributed by atoms with Gasteiger partial charge in [0.1, 0.15) is 0 Å². The van der Waals surface area contributed by atoms with Crippen LogP contribution in [0, 0.1) is 11.3 Å². The lowest BCUT2D eigenvalue weighted by molar-refractivity contribution is -0.143. The van der Waals surface area contributed by atoms with Gasteiger partial charge >= 0.3 is 6.18 Å². The molecule has 1 nitrogen and oxygen atoms in total. The molecule has 0 aromatic heterocycles. The minimum absolute atomic E-state index is 0.228. The van der Waals surface area contributed by atoms with E-state index in [-0.39, 0.29) is 11.5 Å². The van der Waals surface area contributed by atoms with Crippen molar-refractivity contribution in [3.63, 3.8) is 0 Å². The highest BCUT2D eigenvalue weighted by molar-refractivity contribution is 4.94. The van der Waals surface area contributed by atoms with Gasteiger partial charge in [-0.15, -0.1) is 0 Å². The molecule has 1 fully saturated rings. The molecule has 0 unspecified atom stereocenters. The average Bonchev–Trinajstić information content (AvgIpc) is 2.15. The fraction of sp³-hybridized carbons (Fsp3) is 0.846. The molecule has 0 atom stereocenters. The Morgan fingerprint density at radius 2 is 1.53 bits per heavy atom. The second kappa shape index (κ2) is 4.91. The van der Waals surface area contributed by atoms with Gasteiger partial charge in [0.25, 0.3) is 0 Å². The third kappa shape index (κ3) is 4.25. The fourth-order valence-corrected chi connectivity index (χ4v) is 2.31. The Bertz CT molecular complexity index is 267. The first kappa shape index (κ1) is 14.4. The van der Waals surface area contributed by atoms with Gasteiger partial charge in [-0.25, -0.2) is 0 Å². The smallest absolute Gasteiger partial charge is 0.448 e. The molecule has 1 aliphatic carbocycles. The molecule has 100 valence electrons. The Hall–Kier alpha value is -0.670. The predicted molar refractivity (Wildman–Crippen MR) is 61.5 cm³/mol. The number of hydrogen-bond donors (Lipinski definition) is 0. The molecule has 1 aliphatic rings. The lowest BCUT2D eigenvalue weighted by Crippen LogP contribution is -2.30. The van der Waals surface area contributed by atoms with Crippen molar-refractivity contribution in [2.45, 2.75) is 58.7 Å². The minimum Gasteiger partial charge on any atom is -0.486 e. The van der Waals surface area contributed by atoms with E-state index in [0.717, 1.165) is 12.8 Å². The van der Waals surface area contributed by atoms with Crippen molar-refractivity contribution in [1.82, 2.24) is 0 Å². The number of hydrogen-bond acceptors (Lipinski definition) is 1. The molecule has 0 heterocycles. The van der Waals surface area contributed by atoms with E-state index < -0.39 is 11.9 Å². The van der Waals surface area contributed by atoms with Crippen molar-refractivity contribution in [3.05, 3.63) is 12.3 Å². The zero-order valence-corrected chi connectivity index (χ0v) is 10.7. The predicted octanol–water partition coefficient (Wildman–Crippen LogP) is 4.68. The van der Waals surface area contributed by atoms with Crippen molar-refractivity contribution in [2.75, 3.05) is 0 Å². The van der Waals surface area contributed by atoms with Gasteiger partial charge in [0, 0.05) is 0 Å². The highest BCUT2D eigenvalue weighted by atomic mass is 19.4. The Morgan fingerprint density at radius 1 is 1.06 bits per heavy atom. The summed E-state index contributed by atoms with van der Waals surface area (Å²) in [6.07, 6.45) is -1.50. The quantitative estimate of drug-likeness (QED) is 0.646. The molecule has 0 aromatic rings. The molecule has 0 saturated heterocycles. The maximum Gasteiger partial charge on any atom is 0.448 e. The summed E-state index contributed by atoms with van der Waals surface area (Å²) < 4.78 is 41.6. The van der Waals surface area contributed by atoms with Gasteiger partial charge < -0.3 is 4.74 Å². The summed E-state index contributed by atoms with van der Waals surface area (Å²) in [6, 6.07) is 0. The van der Waals surface area contributed by atoms with E-state index in [9.17, 15) is 13.2 Å². The Labute approximate surface area is 101 Å². The standard InChI is InChI=1S/C13H21F3O/c1-9(13(14,15)16)17-11-7-5-10(6-8-11)12(2,3)4/h10-11H,1,5-8H2,2-4H3. The monoisotopic (exact) mass is 250 g/mol. The highest BCUT2D eigenvalue weighted by Gasteiger charge is 2.37. The first-order valence-electron chi connectivity index (χ1n) is 6.03. The number of halogens is 3. The largest absolute Gasteiger partial charge is 0.486 e. The van der Waals surface area contributed by atoms with Crippen LogP contribution >= 0.6 is 0 Å². The zero-order chi connectivity index (χ0) is 13.3. The summed E-state index contributed by atoms with van der Waals surface area (Å²) in [5, 5.41) is 0. The SMILES string of the molecule is C=C(OC1CCC(C(C)(C)C)CC1)C(F)(F)F. The number of alkyl halides is 3. The molecular weight excluding hydrogens is 229 g/mol. The van der Waals surface area contributed by atoms with Crippen molar-refractivity contribution < 1.29 is 17.9 Å². The van der Waals surface area contributed by atoms with Crippen LogP contribution in [0.15, 0.2) is 12.3 Å². The van der Waals surface area contributed by atoms with E-state index in [4.69, 9.17) is 4.74 Å². The first-order valence-corrected chi connectivity index (χ1v) is 6.03. The first-order chi connectivity index (χ1) is 7.60. The van der Waals surface area contributed by atoms with Crippen LogP contribution in [0.4, 0.5) is 13.2 Å². The summed E-state index contributed by atoms with van der Waals surface area (Å²) in [5.41, 5.74) is 0.228. The molecular formula is C13H21F3O. The number of rotatable bonds is 2. The molecule has 1 rings (SSSR count). The van der Waals surface area contributed by atoms with Crippen LogP contribution in [0.2, 0.25) is 0 Å². The van der Waals surface area contributed by atoms with Crippen molar-refractivity contribution in [2.24, 2.45) is 11.3 Å². The van der Waals surface area contributed by atoms with Gasteiger partial charge in [-0.05, 0) is 37.0 Å². The number of ether oxygens (including phenoxy) is 1. The van der Waals surface area contributed by atoms with Crippen LogP contribution in [0.3, 0.4) is 0 Å². The molecule has 0 spiro atoms. The summed E-state index contributed by atoms with van der Waals surface area (Å²) in [5.74, 6) is -0.488. The lowest BCUT2D eigenvalue weighted by Gasteiger charge is -2.37. The second-order valence-corrected chi connectivity index (χ2v) is 5.88. The van der Waals surface area contributed by atoms with E-state index in [0.29, 0.717) is 18.8 Å². The molecule has 4 heteroatoms. The van der Waals surface area contributed by atoms with Gasteiger partial charge in [-0.2, -0.15) is 13.2 Å². The second-order valence-electron chi connectivity index (χ2n) is 5.88. The van der Waals surface area contributed by atoms with Crippen molar-refractivity contribution in [1.29, 1.82) is 0 Å². The topological polar surface area (TPSA) is 9.23 Å². The van der Waals surface area contributed by atoms with Crippen LogP contribution in [0.5, 0.6) is 0 Å². The van der Waals surface area contributed by atoms with E-state index in [2.05, 4.69) is 27.4 Å². The van der Waals surface area contributed by atoms with Crippen LogP contribution < -0.4 is 0 Å². The van der Waals surface area contributed by atoms with Crippen LogP contribution in [-0.2, 0) is 4.74 Å². The minimum atomic E-state index is -4.43. The summed E-state index contributed by atoms with van der Waals surface area (Å²) in [7, 11) is 0. The molecule has 0 aromatic carbocycles. The molecule has 0 aliphatic heterocycles. The van der Waals surface area contributed by atoms with Crippen LogP contribution in [-0.4, -0.2) is 12.3 Å². The summed E-state index contributed by atoms with van der Waals surface area (Å²) in [4.78, 5) is 0. The molecule has 0 N–H and O–H groups in total. The number of allylic oxidation sites excluding steroid dienone is 1. The van der Waals surface area contributed by atoms with E-state index in [1.165, 1.54) is 0 Å². The molecule has 17 heavy (non-hydrogen) atoms. The molecule has 0 radical (unpaired) electrons. The third-order valence-corrected chi connectivity index (χ3v) is 3.52. The molecule has 0 amide bonds. The van der Waals surface area contributed by atoms with Crippen molar-refractivity contribution >= 4 is 0 Å². The summed E-state index contributed by atoms with van der Waals surface area (Å²) in [6.45, 7) is 9.46. The third-order valence-electron chi connectivity index (χ3n) is 3.52. The molecule has 1 saturated carbocycles. The zero-order valence-electron chi connectivity index (χ0n) is 10.7.